The Bertz CT molecular complexity index is 798. The normalized spacial score (nSPS) is 27.3. The zero-order valence-electron chi connectivity index (χ0n) is 12.5. The van der Waals surface area contributed by atoms with Crippen molar-refractivity contribution in [3.8, 4) is 0 Å². The van der Waals surface area contributed by atoms with Crippen molar-refractivity contribution < 1.29 is 14.9 Å². The zero-order valence-corrected chi connectivity index (χ0v) is 12.5. The Kier molecular flexibility index (Phi) is 4.16. The summed E-state index contributed by atoms with van der Waals surface area (Å²) in [5, 5.41) is 19.9. The highest BCUT2D eigenvalue weighted by Gasteiger charge is 2.45. The number of aliphatic hydroxyl groups is 2. The molecule has 4 atom stereocenters. The molecule has 1 aromatic carbocycles. The summed E-state index contributed by atoms with van der Waals surface area (Å²) in [4.78, 5) is 26.0. The van der Waals surface area contributed by atoms with Crippen LogP contribution in [0.1, 0.15) is 23.3 Å². The Morgan fingerprint density at radius 3 is 2.61 bits per heavy atom. The average molecular weight is 318 g/mol. The number of hydrogen-bond acceptors (Lipinski definition) is 5. The minimum Gasteiger partial charge on any atom is -0.394 e. The molecule has 3 rings (SSSR count). The van der Waals surface area contributed by atoms with Gasteiger partial charge in [-0.25, -0.2) is 4.79 Å². The first-order valence-electron chi connectivity index (χ1n) is 7.34. The monoisotopic (exact) mass is 318 g/mol. The van der Waals surface area contributed by atoms with E-state index in [9.17, 15) is 19.8 Å². The molecular weight excluding hydrogens is 300 g/mol. The van der Waals surface area contributed by atoms with Crippen molar-refractivity contribution in [1.82, 2.24) is 9.55 Å². The lowest BCUT2D eigenvalue weighted by Crippen LogP contribution is -2.39. The number of aromatic amines is 1. The van der Waals surface area contributed by atoms with Crippen LogP contribution in [-0.2, 0) is 4.74 Å². The third-order valence-electron chi connectivity index (χ3n) is 4.14. The van der Waals surface area contributed by atoms with Gasteiger partial charge in [0.05, 0.1) is 12.6 Å². The summed E-state index contributed by atoms with van der Waals surface area (Å²) >= 11 is 0. The first kappa shape index (κ1) is 15.7. The predicted molar refractivity (Wildman–Crippen MR) is 82.2 cm³/mol. The largest absolute Gasteiger partial charge is 0.394 e. The quantitative estimate of drug-likeness (QED) is 0.732. The summed E-state index contributed by atoms with van der Waals surface area (Å²) < 4.78 is 7.02. The Balaban J connectivity index is 2.11. The number of H-pyrrole nitrogens is 1. The van der Waals surface area contributed by atoms with Gasteiger partial charge in [0, 0.05) is 11.8 Å². The fourth-order valence-corrected chi connectivity index (χ4v) is 2.94. The van der Waals surface area contributed by atoms with E-state index in [1.807, 2.05) is 30.3 Å². The lowest BCUT2D eigenvalue weighted by molar-refractivity contribution is -0.0225. The molecule has 2 aromatic rings. The van der Waals surface area contributed by atoms with Gasteiger partial charge in [0.2, 0.25) is 0 Å². The number of nitrogens with one attached hydrogen (secondary N) is 1. The maximum atomic E-state index is 12.2. The minimum absolute atomic E-state index is 0.357. The van der Waals surface area contributed by atoms with Gasteiger partial charge in [-0.05, 0) is 12.5 Å². The molecule has 1 aliphatic heterocycles. The van der Waals surface area contributed by atoms with Crippen LogP contribution >= 0.6 is 0 Å². The van der Waals surface area contributed by atoms with Crippen molar-refractivity contribution in [2.24, 2.45) is 0 Å². The van der Waals surface area contributed by atoms with Crippen molar-refractivity contribution in [2.75, 3.05) is 6.61 Å². The summed E-state index contributed by atoms with van der Waals surface area (Å²) in [6.45, 7) is 1.22. The van der Waals surface area contributed by atoms with E-state index in [0.717, 1.165) is 5.56 Å². The van der Waals surface area contributed by atoms with Crippen LogP contribution in [0.25, 0.3) is 0 Å². The summed E-state index contributed by atoms with van der Waals surface area (Å²) in [5.41, 5.74) is 0.0571. The lowest BCUT2D eigenvalue weighted by atomic mass is 9.98. The van der Waals surface area contributed by atoms with Gasteiger partial charge in [-0.3, -0.25) is 14.3 Å². The first-order valence-corrected chi connectivity index (χ1v) is 7.34. The Hall–Kier alpha value is -2.22. The van der Waals surface area contributed by atoms with Crippen molar-refractivity contribution in [3.05, 3.63) is 68.5 Å². The van der Waals surface area contributed by atoms with E-state index in [2.05, 4.69) is 4.98 Å². The maximum absolute atomic E-state index is 12.2. The van der Waals surface area contributed by atoms with Crippen LogP contribution in [-0.4, -0.2) is 38.6 Å². The number of nitrogens with zero attached hydrogens (tertiary/aromatic N) is 1. The predicted octanol–water partition coefficient (Wildman–Crippen LogP) is -0.121. The van der Waals surface area contributed by atoms with E-state index in [1.165, 1.54) is 10.8 Å². The van der Waals surface area contributed by atoms with E-state index in [1.54, 1.807) is 6.92 Å². The Labute approximate surface area is 131 Å². The molecule has 0 amide bonds. The van der Waals surface area contributed by atoms with Crippen LogP contribution in [0, 0.1) is 6.92 Å². The van der Waals surface area contributed by atoms with Crippen LogP contribution in [0.4, 0.5) is 0 Å². The third kappa shape index (κ3) is 2.74. The molecule has 0 spiro atoms. The Morgan fingerprint density at radius 1 is 1.26 bits per heavy atom. The highest BCUT2D eigenvalue weighted by molar-refractivity contribution is 5.21. The van der Waals surface area contributed by atoms with Crippen LogP contribution in [0.5, 0.6) is 0 Å². The van der Waals surface area contributed by atoms with E-state index in [-0.39, 0.29) is 6.61 Å². The fourth-order valence-electron chi connectivity index (χ4n) is 2.94. The highest BCUT2D eigenvalue weighted by Crippen LogP contribution is 2.40. The van der Waals surface area contributed by atoms with Gasteiger partial charge in [0.15, 0.2) is 0 Å². The number of benzene rings is 1. The van der Waals surface area contributed by atoms with Crippen LogP contribution in [0.2, 0.25) is 0 Å². The van der Waals surface area contributed by atoms with Crippen LogP contribution in [0.15, 0.2) is 46.1 Å². The molecule has 7 heteroatoms. The molecule has 23 heavy (non-hydrogen) atoms. The van der Waals surface area contributed by atoms with Crippen molar-refractivity contribution in [2.45, 2.75) is 31.3 Å². The molecule has 0 unspecified atom stereocenters. The lowest BCUT2D eigenvalue weighted by Gasteiger charge is -2.23. The highest BCUT2D eigenvalue weighted by atomic mass is 16.5. The number of rotatable bonds is 3. The smallest absolute Gasteiger partial charge is 0.328 e. The second kappa shape index (κ2) is 6.11. The van der Waals surface area contributed by atoms with E-state index in [0.29, 0.717) is 5.56 Å². The average Bonchev–Trinajstić information content (AvgIpc) is 2.88. The topological polar surface area (TPSA) is 105 Å². The molecule has 1 fully saturated rings. The summed E-state index contributed by atoms with van der Waals surface area (Å²) in [6, 6.07) is 8.42. The summed E-state index contributed by atoms with van der Waals surface area (Å²) in [5.74, 6) is 0. The first-order chi connectivity index (χ1) is 11.0. The molecule has 2 heterocycles. The number of aromatic nitrogens is 2. The molecule has 3 N–H and O–H groups in total. The number of ether oxygens (including phenoxy) is 1. The zero-order chi connectivity index (χ0) is 16.6. The van der Waals surface area contributed by atoms with E-state index < -0.39 is 35.6 Å². The molecule has 7 nitrogen and oxygen atoms in total. The SMILES string of the molecule is Cc1cn([C@H]2[C@H](O)[C@@H](CO)O[C@@H]2c2ccccc2)c(=O)[nH]c1=O. The van der Waals surface area contributed by atoms with Crippen LogP contribution < -0.4 is 11.2 Å². The molecule has 0 saturated carbocycles. The molecule has 122 valence electrons. The summed E-state index contributed by atoms with van der Waals surface area (Å²) in [6.07, 6.45) is -1.07. The molecule has 0 aliphatic carbocycles. The van der Waals surface area contributed by atoms with Gasteiger partial charge >= 0.3 is 5.69 Å². The molecule has 0 radical (unpaired) electrons. The second-order valence-electron chi connectivity index (χ2n) is 5.65. The molecular formula is C16H18N2O5. The number of aliphatic hydroxyl groups excluding tert-OH is 2. The van der Waals surface area contributed by atoms with Crippen molar-refractivity contribution in [1.29, 1.82) is 0 Å². The van der Waals surface area contributed by atoms with Crippen molar-refractivity contribution >= 4 is 0 Å². The number of hydrogen-bond donors (Lipinski definition) is 3. The van der Waals surface area contributed by atoms with Crippen molar-refractivity contribution in [3.63, 3.8) is 0 Å². The third-order valence-corrected chi connectivity index (χ3v) is 4.14. The molecule has 1 aliphatic rings. The maximum Gasteiger partial charge on any atom is 0.328 e. The van der Waals surface area contributed by atoms with Gasteiger partial charge < -0.3 is 14.9 Å². The van der Waals surface area contributed by atoms with E-state index in [4.69, 9.17) is 4.74 Å². The standard InChI is InChI=1S/C16H18N2O5/c1-9-7-18(16(22)17-15(9)21)12-13(20)11(8-19)23-14(12)10-5-3-2-4-6-10/h2-7,11-14,19-20H,8H2,1H3,(H,17,21,22)/t11-,12+,13-,14-/m1/s1. The van der Waals surface area contributed by atoms with Gasteiger partial charge in [0.25, 0.3) is 5.56 Å². The van der Waals surface area contributed by atoms with Gasteiger partial charge in [-0.2, -0.15) is 0 Å². The van der Waals surface area contributed by atoms with Gasteiger partial charge in [-0.15, -0.1) is 0 Å². The fraction of sp³-hybridized carbons (Fsp3) is 0.375. The number of aryl methyl sites for hydroxylation is 1. The summed E-state index contributed by atoms with van der Waals surface area (Å²) in [7, 11) is 0. The molecule has 1 aromatic heterocycles. The Morgan fingerprint density at radius 2 is 1.96 bits per heavy atom. The van der Waals surface area contributed by atoms with E-state index >= 15 is 0 Å². The molecule has 0 bridgehead atoms. The van der Waals surface area contributed by atoms with Gasteiger partial charge in [0.1, 0.15) is 18.3 Å². The van der Waals surface area contributed by atoms with Gasteiger partial charge in [-0.1, -0.05) is 30.3 Å². The molecule has 1 saturated heterocycles. The minimum atomic E-state index is -1.08. The second-order valence-corrected chi connectivity index (χ2v) is 5.65. The van der Waals surface area contributed by atoms with Crippen LogP contribution in [0.3, 0.4) is 0 Å².